The van der Waals surface area contributed by atoms with E-state index in [2.05, 4.69) is 27.5 Å². The second kappa shape index (κ2) is 3.25. The molecule has 4 heteroatoms. The fourth-order valence-electron chi connectivity index (χ4n) is 0.661. The maximum absolute atomic E-state index is 4.41. The summed E-state index contributed by atoms with van der Waals surface area (Å²) in [6.07, 6.45) is 1.87. The van der Waals surface area contributed by atoms with Crippen LogP contribution in [0.2, 0.25) is 0 Å². The van der Waals surface area contributed by atoms with Gasteiger partial charge in [0.25, 0.3) is 0 Å². The van der Waals surface area contributed by atoms with Gasteiger partial charge in [-0.1, -0.05) is 0 Å². The van der Waals surface area contributed by atoms with E-state index in [9.17, 15) is 0 Å². The third-order valence-electron chi connectivity index (χ3n) is 1.07. The van der Waals surface area contributed by atoms with E-state index in [0.29, 0.717) is 6.54 Å². The lowest BCUT2D eigenvalue weighted by molar-refractivity contribution is 0.743. The third-order valence-corrected chi connectivity index (χ3v) is 1.20. The highest BCUT2D eigenvalue weighted by Gasteiger charge is 1.91. The zero-order valence-electron chi connectivity index (χ0n) is 5.61. The van der Waals surface area contributed by atoms with E-state index in [-0.39, 0.29) is 0 Å². The van der Waals surface area contributed by atoms with Crippen LogP contribution >= 0.6 is 12.2 Å². The first-order valence-corrected chi connectivity index (χ1v) is 3.26. The summed E-state index contributed by atoms with van der Waals surface area (Å²) in [6.45, 7) is 0.532. The second-order valence-corrected chi connectivity index (χ2v) is 2.07. The normalized spacial score (nSPS) is 8.90. The van der Waals surface area contributed by atoms with Crippen LogP contribution in [0.15, 0.2) is 17.3 Å². The van der Waals surface area contributed by atoms with Gasteiger partial charge in [0.15, 0.2) is 0 Å². The molecule has 1 rings (SSSR count). The van der Waals surface area contributed by atoms with Crippen LogP contribution in [0.5, 0.6) is 0 Å². The Balaban J connectivity index is 2.66. The third kappa shape index (κ3) is 1.76. The van der Waals surface area contributed by atoms with Crippen molar-refractivity contribution >= 4 is 17.4 Å². The van der Waals surface area contributed by atoms with Crippen molar-refractivity contribution < 1.29 is 0 Å². The van der Waals surface area contributed by atoms with E-state index in [4.69, 9.17) is 0 Å². The van der Waals surface area contributed by atoms with Crippen LogP contribution < -0.4 is 0 Å². The molecule has 52 valence electrons. The number of thiocarbonyl (C=S) groups is 1. The van der Waals surface area contributed by atoms with Gasteiger partial charge in [0.1, 0.15) is 0 Å². The van der Waals surface area contributed by atoms with Crippen molar-refractivity contribution in [3.8, 4) is 0 Å². The number of aliphatic imine (C=N–C) groups is 1. The molecule has 0 radical (unpaired) electrons. The molecule has 0 N–H and O–H groups in total. The maximum atomic E-state index is 4.41. The molecule has 0 saturated carbocycles. The first kappa shape index (κ1) is 7.12. The van der Waals surface area contributed by atoms with E-state index in [1.54, 1.807) is 4.68 Å². The lowest BCUT2D eigenvalue weighted by atomic mass is 10.4. The number of hydrogen-bond donors (Lipinski definition) is 0. The van der Waals surface area contributed by atoms with Crippen molar-refractivity contribution in [2.45, 2.75) is 6.54 Å². The topological polar surface area (TPSA) is 30.2 Å². The molecule has 0 aliphatic carbocycles. The van der Waals surface area contributed by atoms with Crippen LogP contribution in [0.1, 0.15) is 5.69 Å². The minimum absolute atomic E-state index is 0.532. The lowest BCUT2D eigenvalue weighted by Gasteiger charge is -1.84. The molecule has 3 nitrogen and oxygen atoms in total. The van der Waals surface area contributed by atoms with Gasteiger partial charge in [-0.3, -0.25) is 4.68 Å². The van der Waals surface area contributed by atoms with Crippen LogP contribution in [-0.2, 0) is 13.6 Å². The molecular weight excluding hydrogens is 146 g/mol. The smallest absolute Gasteiger partial charge is 0.0933 e. The van der Waals surface area contributed by atoms with Crippen LogP contribution in [-0.4, -0.2) is 14.9 Å². The van der Waals surface area contributed by atoms with Crippen molar-refractivity contribution in [1.29, 1.82) is 0 Å². The predicted octanol–water partition coefficient (Wildman–Crippen LogP) is 1.02. The second-order valence-electron chi connectivity index (χ2n) is 1.89. The van der Waals surface area contributed by atoms with E-state index >= 15 is 0 Å². The van der Waals surface area contributed by atoms with Gasteiger partial charge >= 0.3 is 0 Å². The number of isothiocyanates is 1. The van der Waals surface area contributed by atoms with Gasteiger partial charge in [0.05, 0.1) is 17.4 Å². The summed E-state index contributed by atoms with van der Waals surface area (Å²) in [6, 6.07) is 1.90. The first-order chi connectivity index (χ1) is 4.83. The molecule has 10 heavy (non-hydrogen) atoms. The molecule has 0 bridgehead atoms. The average Bonchev–Trinajstić information content (AvgIpc) is 2.31. The minimum atomic E-state index is 0.532. The van der Waals surface area contributed by atoms with Crippen LogP contribution in [0.4, 0.5) is 0 Å². The molecule has 0 spiro atoms. The Kier molecular flexibility index (Phi) is 2.31. The fraction of sp³-hybridized carbons (Fsp3) is 0.333. The van der Waals surface area contributed by atoms with Gasteiger partial charge < -0.3 is 0 Å². The number of nitrogens with zero attached hydrogens (tertiary/aromatic N) is 3. The standard InChI is InChI=1S/C6H7N3S/c1-9-3-2-6(8-9)4-7-5-10/h2-3H,4H2,1H3. The Bertz CT molecular complexity index is 260. The van der Waals surface area contributed by atoms with Gasteiger partial charge in [-0.2, -0.15) is 5.10 Å². The van der Waals surface area contributed by atoms with Gasteiger partial charge in [0.2, 0.25) is 0 Å². The van der Waals surface area contributed by atoms with Gasteiger partial charge in [0, 0.05) is 13.2 Å². The molecule has 0 unspecified atom stereocenters. The molecule has 1 heterocycles. The quantitative estimate of drug-likeness (QED) is 0.469. The molecule has 0 amide bonds. The van der Waals surface area contributed by atoms with Crippen LogP contribution in [0.25, 0.3) is 0 Å². The zero-order chi connectivity index (χ0) is 7.40. The van der Waals surface area contributed by atoms with Crippen molar-refractivity contribution in [2.75, 3.05) is 0 Å². The molecule has 0 fully saturated rings. The highest BCUT2D eigenvalue weighted by molar-refractivity contribution is 7.78. The monoisotopic (exact) mass is 153 g/mol. The van der Waals surface area contributed by atoms with Crippen molar-refractivity contribution in [2.24, 2.45) is 12.0 Å². The summed E-state index contributed by atoms with van der Waals surface area (Å²) >= 11 is 4.41. The Morgan fingerprint density at radius 3 is 3.20 bits per heavy atom. The van der Waals surface area contributed by atoms with Gasteiger partial charge in [-0.25, -0.2) is 4.99 Å². The molecule has 0 aliphatic rings. The van der Waals surface area contributed by atoms with E-state index in [0.717, 1.165) is 5.69 Å². The largest absolute Gasteiger partial charge is 0.275 e. The molecule has 0 atom stereocenters. The van der Waals surface area contributed by atoms with Gasteiger partial charge in [-0.15, -0.1) is 0 Å². The lowest BCUT2D eigenvalue weighted by Crippen LogP contribution is -1.89. The zero-order valence-corrected chi connectivity index (χ0v) is 6.43. The fourth-order valence-corrected chi connectivity index (χ4v) is 0.725. The summed E-state index contributed by atoms with van der Waals surface area (Å²) in [7, 11) is 1.87. The van der Waals surface area contributed by atoms with Crippen molar-refractivity contribution in [3.63, 3.8) is 0 Å². The molecule has 0 aliphatic heterocycles. The van der Waals surface area contributed by atoms with Crippen LogP contribution in [0.3, 0.4) is 0 Å². The number of aromatic nitrogens is 2. The van der Waals surface area contributed by atoms with E-state index in [1.165, 1.54) is 0 Å². The number of rotatable bonds is 2. The van der Waals surface area contributed by atoms with Crippen LogP contribution in [0, 0.1) is 0 Å². The Morgan fingerprint density at radius 1 is 1.90 bits per heavy atom. The molecule has 0 saturated heterocycles. The highest BCUT2D eigenvalue weighted by atomic mass is 32.1. The molecule has 1 aromatic rings. The van der Waals surface area contributed by atoms with E-state index in [1.807, 2.05) is 19.3 Å². The number of hydrogen-bond acceptors (Lipinski definition) is 3. The Hall–Kier alpha value is -0.990. The highest BCUT2D eigenvalue weighted by Crippen LogP contribution is 1.94. The number of aryl methyl sites for hydroxylation is 1. The van der Waals surface area contributed by atoms with Gasteiger partial charge in [-0.05, 0) is 18.3 Å². The van der Waals surface area contributed by atoms with E-state index < -0.39 is 0 Å². The summed E-state index contributed by atoms with van der Waals surface area (Å²) in [5.74, 6) is 0. The van der Waals surface area contributed by atoms with Crippen molar-refractivity contribution in [3.05, 3.63) is 18.0 Å². The molecular formula is C6H7N3S. The maximum Gasteiger partial charge on any atom is 0.0933 e. The summed E-state index contributed by atoms with van der Waals surface area (Å²) in [4.78, 5) is 3.74. The first-order valence-electron chi connectivity index (χ1n) is 2.85. The SMILES string of the molecule is Cn1ccc(CN=C=S)n1. The Morgan fingerprint density at radius 2 is 2.70 bits per heavy atom. The van der Waals surface area contributed by atoms with Crippen molar-refractivity contribution in [1.82, 2.24) is 9.78 Å². The predicted molar refractivity (Wildman–Crippen MR) is 41.9 cm³/mol. The minimum Gasteiger partial charge on any atom is -0.275 e. The summed E-state index contributed by atoms with van der Waals surface area (Å²) < 4.78 is 1.73. The molecule has 1 aromatic heterocycles. The average molecular weight is 153 g/mol. The summed E-state index contributed by atoms with van der Waals surface area (Å²) in [5.41, 5.74) is 0.917. The Labute approximate surface area is 64.4 Å². The molecule has 0 aromatic carbocycles. The summed E-state index contributed by atoms with van der Waals surface area (Å²) in [5, 5.41) is 6.37.